The van der Waals surface area contributed by atoms with Gasteiger partial charge < -0.3 is 19.8 Å². The van der Waals surface area contributed by atoms with E-state index in [-0.39, 0.29) is 35.2 Å². The topological polar surface area (TPSA) is 118 Å². The first kappa shape index (κ1) is 23.7. The third-order valence-corrected chi connectivity index (χ3v) is 7.42. The van der Waals surface area contributed by atoms with Crippen LogP contribution in [0.2, 0.25) is 0 Å². The number of ether oxygens (including phenoxy) is 1. The zero-order valence-corrected chi connectivity index (χ0v) is 19.4. The standard InChI is InChI=1S/C24H25N3O6S/c1-2-17-5-6-18(16-22(17)34(30,31)27-11-14-32-15-12-27)23(28)25-19-7-9-20(10-8-19)26-24(29)21-4-3-13-33-21/h3-10,13,16H,2,11-12,14-15H2,1H3,(H,25,28)(H,26,29). The maximum atomic E-state index is 13.2. The van der Waals surface area contributed by atoms with Crippen LogP contribution in [0, 0.1) is 0 Å². The highest BCUT2D eigenvalue weighted by atomic mass is 32.2. The fourth-order valence-electron chi connectivity index (χ4n) is 3.59. The number of furan rings is 1. The van der Waals surface area contributed by atoms with Crippen LogP contribution in [0.3, 0.4) is 0 Å². The van der Waals surface area contributed by atoms with Crippen LogP contribution in [0.5, 0.6) is 0 Å². The first-order valence-corrected chi connectivity index (χ1v) is 12.3. The molecule has 9 nitrogen and oxygen atoms in total. The summed E-state index contributed by atoms with van der Waals surface area (Å²) in [5.41, 5.74) is 1.92. The molecule has 4 rings (SSSR count). The normalized spacial score (nSPS) is 14.5. The molecule has 178 valence electrons. The van der Waals surface area contributed by atoms with Gasteiger partial charge in [-0.25, -0.2) is 8.42 Å². The van der Waals surface area contributed by atoms with Crippen molar-refractivity contribution < 1.29 is 27.2 Å². The van der Waals surface area contributed by atoms with Gasteiger partial charge in [-0.15, -0.1) is 0 Å². The van der Waals surface area contributed by atoms with Crippen LogP contribution in [-0.2, 0) is 21.2 Å². The van der Waals surface area contributed by atoms with Crippen molar-refractivity contribution in [1.82, 2.24) is 4.31 Å². The van der Waals surface area contributed by atoms with E-state index in [1.165, 1.54) is 16.6 Å². The molecule has 1 aliphatic rings. The Morgan fingerprint density at radius 2 is 1.59 bits per heavy atom. The van der Waals surface area contributed by atoms with Gasteiger partial charge in [-0.1, -0.05) is 13.0 Å². The van der Waals surface area contributed by atoms with Crippen molar-refractivity contribution in [3.8, 4) is 0 Å². The number of hydrogen-bond acceptors (Lipinski definition) is 6. The Hall–Kier alpha value is -3.47. The van der Waals surface area contributed by atoms with Crippen LogP contribution in [-0.4, -0.2) is 50.8 Å². The van der Waals surface area contributed by atoms with Crippen molar-refractivity contribution in [2.24, 2.45) is 0 Å². The maximum absolute atomic E-state index is 13.2. The number of carbonyl (C=O) groups excluding carboxylic acids is 2. The second-order valence-electron chi connectivity index (χ2n) is 7.66. The molecule has 1 fully saturated rings. The molecule has 1 saturated heterocycles. The maximum Gasteiger partial charge on any atom is 0.291 e. The molecule has 10 heteroatoms. The quantitative estimate of drug-likeness (QED) is 0.532. The largest absolute Gasteiger partial charge is 0.459 e. The average molecular weight is 484 g/mol. The monoisotopic (exact) mass is 483 g/mol. The van der Waals surface area contributed by atoms with Gasteiger partial charge in [-0.3, -0.25) is 9.59 Å². The third-order valence-electron chi connectivity index (χ3n) is 5.44. The fourth-order valence-corrected chi connectivity index (χ4v) is 5.32. The molecule has 0 radical (unpaired) electrons. The predicted molar refractivity (Wildman–Crippen MR) is 126 cm³/mol. The van der Waals surface area contributed by atoms with Gasteiger partial charge in [-0.05, 0) is 60.5 Å². The van der Waals surface area contributed by atoms with Gasteiger partial charge in [0.15, 0.2) is 5.76 Å². The van der Waals surface area contributed by atoms with E-state index in [4.69, 9.17) is 9.15 Å². The lowest BCUT2D eigenvalue weighted by Gasteiger charge is -2.27. The number of sulfonamides is 1. The Kier molecular flexibility index (Phi) is 7.11. The van der Waals surface area contributed by atoms with E-state index in [9.17, 15) is 18.0 Å². The van der Waals surface area contributed by atoms with Crippen molar-refractivity contribution >= 4 is 33.2 Å². The molecule has 0 bridgehead atoms. The molecule has 0 atom stereocenters. The highest BCUT2D eigenvalue weighted by Gasteiger charge is 2.29. The van der Waals surface area contributed by atoms with E-state index in [1.807, 2.05) is 6.92 Å². The molecule has 0 unspecified atom stereocenters. The molecule has 3 aromatic rings. The lowest BCUT2D eigenvalue weighted by Crippen LogP contribution is -2.41. The SMILES string of the molecule is CCc1ccc(C(=O)Nc2ccc(NC(=O)c3ccco3)cc2)cc1S(=O)(=O)N1CCOCC1. The summed E-state index contributed by atoms with van der Waals surface area (Å²) in [6, 6.07) is 14.5. The number of benzene rings is 2. The number of nitrogens with zero attached hydrogens (tertiary/aromatic N) is 1. The number of nitrogens with one attached hydrogen (secondary N) is 2. The van der Waals surface area contributed by atoms with Crippen molar-refractivity contribution in [3.05, 3.63) is 77.7 Å². The van der Waals surface area contributed by atoms with Crippen molar-refractivity contribution in [1.29, 1.82) is 0 Å². The molecule has 1 aromatic heterocycles. The van der Waals surface area contributed by atoms with E-state index < -0.39 is 15.9 Å². The van der Waals surface area contributed by atoms with Gasteiger partial charge in [0, 0.05) is 30.0 Å². The predicted octanol–water partition coefficient (Wildman–Crippen LogP) is 3.37. The Balaban J connectivity index is 1.48. The van der Waals surface area contributed by atoms with Gasteiger partial charge >= 0.3 is 0 Å². The minimum atomic E-state index is -3.74. The summed E-state index contributed by atoms with van der Waals surface area (Å²) in [6.45, 7) is 3.13. The van der Waals surface area contributed by atoms with Gasteiger partial charge in [0.25, 0.3) is 11.8 Å². The van der Waals surface area contributed by atoms with E-state index >= 15 is 0 Å². The minimum absolute atomic E-state index is 0.139. The van der Waals surface area contributed by atoms with Gasteiger partial charge in [-0.2, -0.15) is 4.31 Å². The zero-order chi connectivity index (χ0) is 24.1. The number of hydrogen-bond donors (Lipinski definition) is 2. The summed E-state index contributed by atoms with van der Waals surface area (Å²) in [4.78, 5) is 25.1. The lowest BCUT2D eigenvalue weighted by atomic mass is 10.1. The van der Waals surface area contributed by atoms with Crippen molar-refractivity contribution in [2.45, 2.75) is 18.2 Å². The summed E-state index contributed by atoms with van der Waals surface area (Å²) < 4.78 is 38.1. The highest BCUT2D eigenvalue weighted by molar-refractivity contribution is 7.89. The van der Waals surface area contributed by atoms with Crippen LogP contribution in [0.15, 0.2) is 70.2 Å². The molecule has 1 aliphatic heterocycles. The molecule has 2 heterocycles. The number of morpholine rings is 1. The molecule has 0 saturated carbocycles. The van der Waals surface area contributed by atoms with E-state index in [0.717, 1.165) is 0 Å². The van der Waals surface area contributed by atoms with Gasteiger partial charge in [0.05, 0.1) is 24.4 Å². The molecule has 0 spiro atoms. The first-order chi connectivity index (χ1) is 16.4. The summed E-state index contributed by atoms with van der Waals surface area (Å²) in [5.74, 6) is -0.629. The molecule has 2 amide bonds. The van der Waals surface area contributed by atoms with Crippen LogP contribution in [0.25, 0.3) is 0 Å². The number of anilines is 2. The van der Waals surface area contributed by atoms with Gasteiger partial charge in [0.2, 0.25) is 10.0 Å². The van der Waals surface area contributed by atoms with E-state index in [0.29, 0.717) is 36.6 Å². The number of rotatable bonds is 7. The fraction of sp³-hybridized carbons (Fsp3) is 0.250. The molecule has 2 N–H and O–H groups in total. The molecule has 2 aromatic carbocycles. The summed E-state index contributed by atoms with van der Waals surface area (Å²) in [6.07, 6.45) is 1.93. The Morgan fingerprint density at radius 1 is 0.941 bits per heavy atom. The second-order valence-corrected chi connectivity index (χ2v) is 9.56. The average Bonchev–Trinajstić information content (AvgIpc) is 3.41. The Labute approximate surface area is 197 Å². The molecular weight excluding hydrogens is 458 g/mol. The lowest BCUT2D eigenvalue weighted by molar-refractivity contribution is 0.0730. The van der Waals surface area contributed by atoms with Crippen molar-refractivity contribution in [2.75, 3.05) is 36.9 Å². The minimum Gasteiger partial charge on any atom is -0.459 e. The first-order valence-electron chi connectivity index (χ1n) is 10.9. The van der Waals surface area contributed by atoms with Gasteiger partial charge in [0.1, 0.15) is 0 Å². The van der Waals surface area contributed by atoms with Crippen LogP contribution in [0.1, 0.15) is 33.4 Å². The summed E-state index contributed by atoms with van der Waals surface area (Å²) >= 11 is 0. The number of aryl methyl sites for hydroxylation is 1. The Morgan fingerprint density at radius 3 is 2.18 bits per heavy atom. The van der Waals surface area contributed by atoms with E-state index in [2.05, 4.69) is 10.6 Å². The number of carbonyl (C=O) groups is 2. The van der Waals surface area contributed by atoms with E-state index in [1.54, 1.807) is 48.5 Å². The summed E-state index contributed by atoms with van der Waals surface area (Å²) in [7, 11) is -3.74. The van der Waals surface area contributed by atoms with Crippen LogP contribution in [0.4, 0.5) is 11.4 Å². The van der Waals surface area contributed by atoms with Crippen molar-refractivity contribution in [3.63, 3.8) is 0 Å². The molecule has 0 aliphatic carbocycles. The Bertz CT molecular complexity index is 1260. The second kappa shape index (κ2) is 10.2. The zero-order valence-electron chi connectivity index (χ0n) is 18.6. The van der Waals surface area contributed by atoms with Crippen LogP contribution < -0.4 is 10.6 Å². The molecule has 34 heavy (non-hydrogen) atoms. The smallest absolute Gasteiger partial charge is 0.291 e. The highest BCUT2D eigenvalue weighted by Crippen LogP contribution is 2.24. The third kappa shape index (κ3) is 5.19. The van der Waals surface area contributed by atoms with Crippen LogP contribution >= 0.6 is 0 Å². The summed E-state index contributed by atoms with van der Waals surface area (Å²) in [5, 5.41) is 5.46. The molecular formula is C24H25N3O6S. The number of amides is 2.